The lowest BCUT2D eigenvalue weighted by atomic mass is 9.99. The van der Waals surface area contributed by atoms with E-state index in [9.17, 15) is 4.79 Å². The van der Waals surface area contributed by atoms with E-state index in [0.29, 0.717) is 5.56 Å². The molecule has 1 aromatic heterocycles. The van der Waals surface area contributed by atoms with Crippen LogP contribution in [0, 0.1) is 6.92 Å². The van der Waals surface area contributed by atoms with Gasteiger partial charge in [-0.3, -0.25) is 4.98 Å². The zero-order chi connectivity index (χ0) is 10.7. The molecule has 14 heavy (non-hydrogen) atoms. The number of pyridine rings is 1. The average molecular weight is 193 g/mol. The van der Waals surface area contributed by atoms with Gasteiger partial charge in [-0.2, -0.15) is 0 Å². The van der Waals surface area contributed by atoms with E-state index in [1.165, 1.54) is 7.11 Å². The van der Waals surface area contributed by atoms with E-state index in [2.05, 4.69) is 4.98 Å². The summed E-state index contributed by atoms with van der Waals surface area (Å²) in [6.45, 7) is 5.91. The first-order valence-electron chi connectivity index (χ1n) is 4.61. The van der Waals surface area contributed by atoms with Crippen molar-refractivity contribution in [2.75, 3.05) is 7.11 Å². The third-order valence-corrected chi connectivity index (χ3v) is 2.10. The fourth-order valence-electron chi connectivity index (χ4n) is 1.32. The summed E-state index contributed by atoms with van der Waals surface area (Å²) in [4.78, 5) is 15.6. The molecule has 0 aliphatic heterocycles. The van der Waals surface area contributed by atoms with Gasteiger partial charge in [-0.15, -0.1) is 0 Å². The highest BCUT2D eigenvalue weighted by atomic mass is 16.5. The predicted octanol–water partition coefficient (Wildman–Crippen LogP) is 2.30. The normalized spacial score (nSPS) is 10.4. The molecular weight excluding hydrogens is 178 g/mol. The second-order valence-corrected chi connectivity index (χ2v) is 3.56. The largest absolute Gasteiger partial charge is 0.465 e. The maximum Gasteiger partial charge on any atom is 0.338 e. The number of aromatic nitrogens is 1. The van der Waals surface area contributed by atoms with Crippen molar-refractivity contribution in [2.45, 2.75) is 26.7 Å². The zero-order valence-electron chi connectivity index (χ0n) is 9.00. The van der Waals surface area contributed by atoms with Gasteiger partial charge < -0.3 is 4.74 Å². The van der Waals surface area contributed by atoms with Crippen molar-refractivity contribution in [3.63, 3.8) is 0 Å². The van der Waals surface area contributed by atoms with Crippen molar-refractivity contribution in [3.8, 4) is 0 Å². The molecule has 3 heteroatoms. The maximum atomic E-state index is 11.4. The van der Waals surface area contributed by atoms with Crippen LogP contribution < -0.4 is 0 Å². The molecule has 0 amide bonds. The van der Waals surface area contributed by atoms with E-state index in [0.717, 1.165) is 11.3 Å². The summed E-state index contributed by atoms with van der Waals surface area (Å²) in [5, 5.41) is 0. The first-order chi connectivity index (χ1) is 6.56. The van der Waals surface area contributed by atoms with Crippen LogP contribution in [0.3, 0.4) is 0 Å². The van der Waals surface area contributed by atoms with Crippen LogP contribution in [0.15, 0.2) is 12.3 Å². The number of aryl methyl sites for hydroxylation is 1. The highest BCUT2D eigenvalue weighted by Crippen LogP contribution is 2.19. The molecule has 1 rings (SSSR count). The molecule has 0 aliphatic rings. The molecule has 0 aliphatic carbocycles. The number of carbonyl (C=O) groups excluding carboxylic acids is 1. The van der Waals surface area contributed by atoms with Crippen molar-refractivity contribution in [1.82, 2.24) is 4.98 Å². The molecule has 0 N–H and O–H groups in total. The SMILES string of the molecule is COC(=O)c1cc(C)ncc1C(C)C. The number of esters is 1. The molecule has 0 atom stereocenters. The summed E-state index contributed by atoms with van der Waals surface area (Å²) in [7, 11) is 1.39. The van der Waals surface area contributed by atoms with Gasteiger partial charge in [-0.25, -0.2) is 4.79 Å². The van der Waals surface area contributed by atoms with Gasteiger partial charge >= 0.3 is 5.97 Å². The van der Waals surface area contributed by atoms with E-state index in [1.54, 1.807) is 12.3 Å². The summed E-state index contributed by atoms with van der Waals surface area (Å²) >= 11 is 0. The van der Waals surface area contributed by atoms with Crippen LogP contribution in [-0.2, 0) is 4.74 Å². The van der Waals surface area contributed by atoms with Crippen LogP contribution in [0.25, 0.3) is 0 Å². The minimum Gasteiger partial charge on any atom is -0.465 e. The smallest absolute Gasteiger partial charge is 0.338 e. The second-order valence-electron chi connectivity index (χ2n) is 3.56. The van der Waals surface area contributed by atoms with Gasteiger partial charge in [0.25, 0.3) is 0 Å². The quantitative estimate of drug-likeness (QED) is 0.676. The molecule has 0 radical (unpaired) electrons. The first kappa shape index (κ1) is 10.7. The molecule has 76 valence electrons. The second kappa shape index (κ2) is 4.22. The van der Waals surface area contributed by atoms with Gasteiger partial charge in [0.1, 0.15) is 0 Å². The number of hydrogen-bond acceptors (Lipinski definition) is 3. The Balaban J connectivity index is 3.22. The monoisotopic (exact) mass is 193 g/mol. The van der Waals surface area contributed by atoms with Gasteiger partial charge in [0.15, 0.2) is 0 Å². The molecule has 0 spiro atoms. The van der Waals surface area contributed by atoms with Gasteiger partial charge in [0, 0.05) is 11.9 Å². The average Bonchev–Trinajstić information content (AvgIpc) is 2.16. The molecule has 3 nitrogen and oxygen atoms in total. The maximum absolute atomic E-state index is 11.4. The van der Waals surface area contributed by atoms with E-state index < -0.39 is 0 Å². The zero-order valence-corrected chi connectivity index (χ0v) is 9.00. The number of nitrogens with zero attached hydrogens (tertiary/aromatic N) is 1. The highest BCUT2D eigenvalue weighted by Gasteiger charge is 2.14. The molecule has 1 aromatic rings. The Bertz CT molecular complexity index is 345. The minimum atomic E-state index is -0.292. The van der Waals surface area contributed by atoms with Crippen molar-refractivity contribution in [3.05, 3.63) is 29.1 Å². The van der Waals surface area contributed by atoms with Crippen molar-refractivity contribution < 1.29 is 9.53 Å². The van der Waals surface area contributed by atoms with Crippen molar-refractivity contribution in [1.29, 1.82) is 0 Å². The molecular formula is C11H15NO2. The highest BCUT2D eigenvalue weighted by molar-refractivity contribution is 5.91. The number of carbonyl (C=O) groups is 1. The Hall–Kier alpha value is -1.38. The van der Waals surface area contributed by atoms with Crippen LogP contribution in [0.4, 0.5) is 0 Å². The van der Waals surface area contributed by atoms with Crippen LogP contribution in [0.1, 0.15) is 41.4 Å². The van der Waals surface area contributed by atoms with Crippen LogP contribution in [0.2, 0.25) is 0 Å². The first-order valence-corrected chi connectivity index (χ1v) is 4.61. The lowest BCUT2D eigenvalue weighted by Gasteiger charge is -2.10. The predicted molar refractivity (Wildman–Crippen MR) is 54.4 cm³/mol. The number of methoxy groups -OCH3 is 1. The summed E-state index contributed by atoms with van der Waals surface area (Å²) in [6, 6.07) is 1.77. The van der Waals surface area contributed by atoms with Crippen molar-refractivity contribution in [2.24, 2.45) is 0 Å². The van der Waals surface area contributed by atoms with Crippen LogP contribution in [0.5, 0.6) is 0 Å². The summed E-state index contributed by atoms with van der Waals surface area (Å²) in [6.07, 6.45) is 1.74. The third-order valence-electron chi connectivity index (χ3n) is 2.10. The van der Waals surface area contributed by atoms with Gasteiger partial charge in [-0.1, -0.05) is 13.8 Å². The van der Waals surface area contributed by atoms with E-state index in [4.69, 9.17) is 4.74 Å². The van der Waals surface area contributed by atoms with E-state index in [-0.39, 0.29) is 11.9 Å². The summed E-state index contributed by atoms with van der Waals surface area (Å²) in [5.74, 6) is -0.0172. The Morgan fingerprint density at radius 1 is 1.50 bits per heavy atom. The fraction of sp³-hybridized carbons (Fsp3) is 0.455. The Kier molecular flexibility index (Phi) is 3.23. The molecule has 1 heterocycles. The number of hydrogen-bond donors (Lipinski definition) is 0. The number of ether oxygens (including phenoxy) is 1. The van der Waals surface area contributed by atoms with Gasteiger partial charge in [0.05, 0.1) is 12.7 Å². The van der Waals surface area contributed by atoms with E-state index in [1.807, 2.05) is 20.8 Å². The van der Waals surface area contributed by atoms with Crippen molar-refractivity contribution >= 4 is 5.97 Å². The fourth-order valence-corrected chi connectivity index (χ4v) is 1.32. The van der Waals surface area contributed by atoms with Crippen LogP contribution in [-0.4, -0.2) is 18.1 Å². The van der Waals surface area contributed by atoms with Crippen LogP contribution >= 0.6 is 0 Å². The lowest BCUT2D eigenvalue weighted by molar-refractivity contribution is 0.0598. The van der Waals surface area contributed by atoms with Gasteiger partial charge in [-0.05, 0) is 24.5 Å². The van der Waals surface area contributed by atoms with E-state index >= 15 is 0 Å². The molecule has 0 saturated heterocycles. The summed E-state index contributed by atoms with van der Waals surface area (Å²) in [5.41, 5.74) is 2.38. The minimum absolute atomic E-state index is 0.275. The third kappa shape index (κ3) is 2.10. The molecule has 0 fully saturated rings. The standard InChI is InChI=1S/C11H15NO2/c1-7(2)10-6-12-8(3)5-9(10)11(13)14-4/h5-7H,1-4H3. The Labute approximate surface area is 84.1 Å². The Morgan fingerprint density at radius 3 is 2.64 bits per heavy atom. The van der Waals surface area contributed by atoms with Gasteiger partial charge in [0.2, 0.25) is 0 Å². The Morgan fingerprint density at radius 2 is 2.14 bits per heavy atom. The molecule has 0 aromatic carbocycles. The topological polar surface area (TPSA) is 39.2 Å². The molecule has 0 unspecified atom stereocenters. The molecule has 0 bridgehead atoms. The lowest BCUT2D eigenvalue weighted by Crippen LogP contribution is -2.08. The molecule has 0 saturated carbocycles. The summed E-state index contributed by atoms with van der Waals surface area (Å²) < 4.78 is 4.72. The number of rotatable bonds is 2.